The summed E-state index contributed by atoms with van der Waals surface area (Å²) in [5, 5.41) is 3.76. The Hall–Kier alpha value is -2.14. The maximum absolute atomic E-state index is 13.2. The van der Waals surface area contributed by atoms with Gasteiger partial charge in [-0.1, -0.05) is 24.3 Å². The van der Waals surface area contributed by atoms with Crippen LogP contribution in [0.2, 0.25) is 0 Å². The van der Waals surface area contributed by atoms with Crippen LogP contribution in [0.15, 0.2) is 54.6 Å². The fraction of sp³-hybridized carbons (Fsp3) is 0.235. The lowest BCUT2D eigenvalue weighted by Crippen LogP contribution is -2.50. The normalized spacial score (nSPS) is 14.8. The zero-order valence-electron chi connectivity index (χ0n) is 12.2. The molecular formula is C17H18FN3S. The third kappa shape index (κ3) is 3.54. The van der Waals surface area contributed by atoms with Crippen molar-refractivity contribution in [1.29, 1.82) is 0 Å². The number of hydrogen-bond acceptors (Lipinski definition) is 2. The van der Waals surface area contributed by atoms with E-state index in [0.717, 1.165) is 26.2 Å². The van der Waals surface area contributed by atoms with Gasteiger partial charge in [0.05, 0.1) is 0 Å². The third-order valence-electron chi connectivity index (χ3n) is 3.76. The Kier molecular flexibility index (Phi) is 4.53. The molecular weight excluding hydrogens is 297 g/mol. The number of hydrogen-bond donors (Lipinski definition) is 1. The van der Waals surface area contributed by atoms with Gasteiger partial charge in [-0.25, -0.2) is 4.39 Å². The van der Waals surface area contributed by atoms with Crippen LogP contribution in [0.25, 0.3) is 0 Å². The van der Waals surface area contributed by atoms with Gasteiger partial charge in [0.25, 0.3) is 0 Å². The average molecular weight is 315 g/mol. The lowest BCUT2D eigenvalue weighted by molar-refractivity contribution is 0.391. The van der Waals surface area contributed by atoms with Crippen LogP contribution in [-0.4, -0.2) is 36.2 Å². The van der Waals surface area contributed by atoms with Crippen LogP contribution >= 0.6 is 12.2 Å². The summed E-state index contributed by atoms with van der Waals surface area (Å²) in [5.41, 5.74) is 1.93. The molecule has 5 heteroatoms. The fourth-order valence-corrected chi connectivity index (χ4v) is 2.88. The molecule has 0 saturated carbocycles. The fourth-order valence-electron chi connectivity index (χ4n) is 2.58. The average Bonchev–Trinajstić information content (AvgIpc) is 2.56. The Labute approximate surface area is 135 Å². The van der Waals surface area contributed by atoms with Crippen molar-refractivity contribution in [3.63, 3.8) is 0 Å². The molecule has 0 aromatic heterocycles. The summed E-state index contributed by atoms with van der Waals surface area (Å²) in [6, 6.07) is 16.7. The quantitative estimate of drug-likeness (QED) is 0.856. The molecule has 3 nitrogen and oxygen atoms in total. The number of halogens is 1. The second kappa shape index (κ2) is 6.75. The largest absolute Gasteiger partial charge is 0.368 e. The number of nitrogens with zero attached hydrogens (tertiary/aromatic N) is 2. The molecule has 2 aromatic carbocycles. The van der Waals surface area contributed by atoms with Crippen LogP contribution in [0, 0.1) is 5.82 Å². The summed E-state index contributed by atoms with van der Waals surface area (Å²) in [6.45, 7) is 3.57. The molecule has 114 valence electrons. The number of piperazine rings is 1. The van der Waals surface area contributed by atoms with Crippen LogP contribution in [0.5, 0.6) is 0 Å². The molecule has 1 heterocycles. The highest BCUT2D eigenvalue weighted by Gasteiger charge is 2.19. The molecule has 0 unspecified atom stereocenters. The summed E-state index contributed by atoms with van der Waals surface area (Å²) in [4.78, 5) is 4.47. The molecule has 1 aliphatic rings. The highest BCUT2D eigenvalue weighted by Crippen LogP contribution is 2.16. The second-order valence-electron chi connectivity index (χ2n) is 5.25. The van der Waals surface area contributed by atoms with E-state index in [9.17, 15) is 4.39 Å². The van der Waals surface area contributed by atoms with Gasteiger partial charge in [-0.05, 0) is 42.5 Å². The molecule has 2 aromatic rings. The van der Waals surface area contributed by atoms with E-state index in [2.05, 4.69) is 39.4 Å². The summed E-state index contributed by atoms with van der Waals surface area (Å²) < 4.78 is 13.2. The first-order valence-electron chi connectivity index (χ1n) is 7.34. The Morgan fingerprint density at radius 3 is 2.36 bits per heavy atom. The molecule has 1 aliphatic heterocycles. The summed E-state index contributed by atoms with van der Waals surface area (Å²) in [6.07, 6.45) is 0. The zero-order chi connectivity index (χ0) is 15.4. The summed E-state index contributed by atoms with van der Waals surface area (Å²) in [7, 11) is 0. The molecule has 1 fully saturated rings. The molecule has 22 heavy (non-hydrogen) atoms. The predicted molar refractivity (Wildman–Crippen MR) is 92.8 cm³/mol. The van der Waals surface area contributed by atoms with Gasteiger partial charge in [0.15, 0.2) is 5.11 Å². The minimum absolute atomic E-state index is 0.262. The Morgan fingerprint density at radius 2 is 1.68 bits per heavy atom. The van der Waals surface area contributed by atoms with Gasteiger partial charge in [-0.15, -0.1) is 0 Å². The van der Waals surface area contributed by atoms with Gasteiger partial charge in [-0.3, -0.25) is 0 Å². The second-order valence-corrected chi connectivity index (χ2v) is 5.64. The SMILES string of the molecule is Fc1cccc(NC(=S)N2CCN(c3ccccc3)CC2)c1. The summed E-state index contributed by atoms with van der Waals surface area (Å²) >= 11 is 5.43. The lowest BCUT2D eigenvalue weighted by atomic mass is 10.2. The van der Waals surface area contributed by atoms with E-state index in [1.807, 2.05) is 12.1 Å². The van der Waals surface area contributed by atoms with Crippen molar-refractivity contribution in [3.8, 4) is 0 Å². The predicted octanol–water partition coefficient (Wildman–Crippen LogP) is 3.34. The number of rotatable bonds is 2. The number of anilines is 2. The van der Waals surface area contributed by atoms with Gasteiger partial charge in [0.1, 0.15) is 5.82 Å². The van der Waals surface area contributed by atoms with Crippen molar-refractivity contribution >= 4 is 28.7 Å². The van der Waals surface area contributed by atoms with Gasteiger partial charge < -0.3 is 15.1 Å². The maximum atomic E-state index is 13.2. The summed E-state index contributed by atoms with van der Waals surface area (Å²) in [5.74, 6) is -0.262. The molecule has 1 saturated heterocycles. The maximum Gasteiger partial charge on any atom is 0.173 e. The Bertz CT molecular complexity index is 639. The standard InChI is InChI=1S/C17H18FN3S/c18-14-5-4-6-15(13-14)19-17(22)21-11-9-20(10-12-21)16-7-2-1-3-8-16/h1-8,13H,9-12H2,(H,19,22). The first-order valence-corrected chi connectivity index (χ1v) is 7.75. The van der Waals surface area contributed by atoms with Crippen molar-refractivity contribution in [1.82, 2.24) is 4.90 Å². The Balaban J connectivity index is 1.56. The molecule has 0 radical (unpaired) electrons. The van der Waals surface area contributed by atoms with Crippen LogP contribution in [-0.2, 0) is 0 Å². The van der Waals surface area contributed by atoms with Crippen LogP contribution in [0.4, 0.5) is 15.8 Å². The topological polar surface area (TPSA) is 18.5 Å². The molecule has 0 bridgehead atoms. The number of thiocarbonyl (C=S) groups is 1. The number of nitrogens with one attached hydrogen (secondary N) is 1. The number of benzene rings is 2. The molecule has 0 atom stereocenters. The van der Waals surface area contributed by atoms with E-state index in [1.165, 1.54) is 17.8 Å². The van der Waals surface area contributed by atoms with Crippen molar-refractivity contribution in [2.24, 2.45) is 0 Å². The van der Waals surface area contributed by atoms with Crippen LogP contribution < -0.4 is 10.2 Å². The van der Waals surface area contributed by atoms with Crippen LogP contribution in [0.3, 0.4) is 0 Å². The molecule has 3 rings (SSSR count). The minimum atomic E-state index is -0.262. The van der Waals surface area contributed by atoms with Gasteiger partial charge in [0, 0.05) is 37.6 Å². The monoisotopic (exact) mass is 315 g/mol. The number of para-hydroxylation sites is 1. The zero-order valence-corrected chi connectivity index (χ0v) is 13.0. The first kappa shape index (κ1) is 14.8. The highest BCUT2D eigenvalue weighted by molar-refractivity contribution is 7.80. The van der Waals surface area contributed by atoms with Crippen LogP contribution in [0.1, 0.15) is 0 Å². The van der Waals surface area contributed by atoms with E-state index >= 15 is 0 Å². The van der Waals surface area contributed by atoms with E-state index < -0.39 is 0 Å². The molecule has 1 N–H and O–H groups in total. The Morgan fingerprint density at radius 1 is 0.955 bits per heavy atom. The van der Waals surface area contributed by atoms with Gasteiger partial charge in [0.2, 0.25) is 0 Å². The van der Waals surface area contributed by atoms with E-state index in [-0.39, 0.29) is 5.82 Å². The van der Waals surface area contributed by atoms with Gasteiger partial charge >= 0.3 is 0 Å². The molecule has 0 aliphatic carbocycles. The third-order valence-corrected chi connectivity index (χ3v) is 4.12. The van der Waals surface area contributed by atoms with E-state index in [4.69, 9.17) is 12.2 Å². The van der Waals surface area contributed by atoms with Crippen molar-refractivity contribution in [2.45, 2.75) is 0 Å². The highest BCUT2D eigenvalue weighted by atomic mass is 32.1. The molecule has 0 amide bonds. The smallest absolute Gasteiger partial charge is 0.173 e. The van der Waals surface area contributed by atoms with Crippen molar-refractivity contribution < 1.29 is 4.39 Å². The van der Waals surface area contributed by atoms with E-state index in [0.29, 0.717) is 10.8 Å². The van der Waals surface area contributed by atoms with Crippen molar-refractivity contribution in [2.75, 3.05) is 36.4 Å². The molecule has 0 spiro atoms. The van der Waals surface area contributed by atoms with Crippen molar-refractivity contribution in [3.05, 3.63) is 60.4 Å². The van der Waals surface area contributed by atoms with E-state index in [1.54, 1.807) is 6.07 Å². The first-order chi connectivity index (χ1) is 10.7. The minimum Gasteiger partial charge on any atom is -0.368 e. The lowest BCUT2D eigenvalue weighted by Gasteiger charge is -2.37. The van der Waals surface area contributed by atoms with Gasteiger partial charge in [-0.2, -0.15) is 0 Å².